The van der Waals surface area contributed by atoms with Gasteiger partial charge in [-0.3, -0.25) is 0 Å². The van der Waals surface area contributed by atoms with Gasteiger partial charge in [0, 0.05) is 17.7 Å². The van der Waals surface area contributed by atoms with Crippen molar-refractivity contribution in [1.29, 1.82) is 0 Å². The van der Waals surface area contributed by atoms with Crippen molar-refractivity contribution in [3.63, 3.8) is 0 Å². The molecule has 0 aliphatic heterocycles. The number of aryl methyl sites for hydroxylation is 2. The first-order chi connectivity index (χ1) is 8.88. The summed E-state index contributed by atoms with van der Waals surface area (Å²) in [5, 5.41) is 7.55. The Morgan fingerprint density at radius 2 is 2.16 bits per heavy atom. The predicted octanol–water partition coefficient (Wildman–Crippen LogP) is 1.63. The fourth-order valence-corrected chi connectivity index (χ4v) is 2.56. The van der Waals surface area contributed by atoms with Crippen LogP contribution in [0.15, 0.2) is 29.4 Å². The molecule has 19 heavy (non-hydrogen) atoms. The van der Waals surface area contributed by atoms with Gasteiger partial charge in [-0.1, -0.05) is 6.07 Å². The zero-order chi connectivity index (χ0) is 14.0. The Morgan fingerprint density at radius 3 is 2.74 bits per heavy atom. The fourth-order valence-electron chi connectivity index (χ4n) is 1.51. The van der Waals surface area contributed by atoms with Gasteiger partial charge in [0.15, 0.2) is 5.82 Å². The van der Waals surface area contributed by atoms with Crippen molar-refractivity contribution >= 4 is 19.7 Å². The van der Waals surface area contributed by atoms with Crippen molar-refractivity contribution in [2.75, 3.05) is 0 Å². The number of hydrogen-bond donors (Lipinski definition) is 0. The molecule has 0 unspecified atom stereocenters. The summed E-state index contributed by atoms with van der Waals surface area (Å²) in [6.07, 6.45) is 1.53. The van der Waals surface area contributed by atoms with Crippen LogP contribution in [0.1, 0.15) is 11.4 Å². The maximum Gasteiger partial charge on any atom is 0.264 e. The van der Waals surface area contributed by atoms with E-state index in [0.717, 1.165) is 5.56 Å². The van der Waals surface area contributed by atoms with E-state index < -0.39 is 9.05 Å². The monoisotopic (exact) mass is 301 g/mol. The number of hydrogen-bond acceptors (Lipinski definition) is 5. The molecule has 0 saturated heterocycles. The second kappa shape index (κ2) is 5.18. The van der Waals surface area contributed by atoms with E-state index in [-0.39, 0.29) is 17.3 Å². The van der Waals surface area contributed by atoms with Crippen LogP contribution in [-0.4, -0.2) is 23.2 Å². The SMILES string of the molecule is Cc1ccc(OCc2nncn2C)c(S(=O)(=O)Cl)c1. The van der Waals surface area contributed by atoms with Gasteiger partial charge in [0.05, 0.1) is 0 Å². The van der Waals surface area contributed by atoms with Crippen molar-refractivity contribution in [2.45, 2.75) is 18.4 Å². The molecule has 0 atom stereocenters. The van der Waals surface area contributed by atoms with Gasteiger partial charge in [0.1, 0.15) is 23.6 Å². The van der Waals surface area contributed by atoms with Crippen LogP contribution in [0.2, 0.25) is 0 Å². The van der Waals surface area contributed by atoms with Gasteiger partial charge >= 0.3 is 0 Å². The highest BCUT2D eigenvalue weighted by Gasteiger charge is 2.17. The van der Waals surface area contributed by atoms with Crippen molar-refractivity contribution in [2.24, 2.45) is 7.05 Å². The average Bonchev–Trinajstić information content (AvgIpc) is 2.72. The Kier molecular flexibility index (Phi) is 3.77. The molecule has 0 spiro atoms. The highest BCUT2D eigenvalue weighted by molar-refractivity contribution is 8.13. The second-order valence-electron chi connectivity index (χ2n) is 4.03. The lowest BCUT2D eigenvalue weighted by atomic mass is 10.2. The third-order valence-electron chi connectivity index (χ3n) is 2.52. The number of rotatable bonds is 4. The largest absolute Gasteiger partial charge is 0.484 e. The molecule has 1 aromatic carbocycles. The zero-order valence-electron chi connectivity index (χ0n) is 10.4. The highest BCUT2D eigenvalue weighted by atomic mass is 35.7. The third kappa shape index (κ3) is 3.24. The van der Waals surface area contributed by atoms with E-state index in [1.165, 1.54) is 12.4 Å². The van der Waals surface area contributed by atoms with Crippen LogP contribution in [0.4, 0.5) is 0 Å². The minimum atomic E-state index is -3.85. The molecular weight excluding hydrogens is 290 g/mol. The first kappa shape index (κ1) is 13.8. The lowest BCUT2D eigenvalue weighted by Gasteiger charge is -2.09. The van der Waals surface area contributed by atoms with Gasteiger partial charge in [-0.2, -0.15) is 0 Å². The van der Waals surface area contributed by atoms with E-state index >= 15 is 0 Å². The average molecular weight is 302 g/mol. The highest BCUT2D eigenvalue weighted by Crippen LogP contribution is 2.28. The fraction of sp³-hybridized carbons (Fsp3) is 0.273. The first-order valence-electron chi connectivity index (χ1n) is 5.39. The van der Waals surface area contributed by atoms with Gasteiger partial charge in [-0.15, -0.1) is 10.2 Å². The quantitative estimate of drug-likeness (QED) is 0.802. The lowest BCUT2D eigenvalue weighted by molar-refractivity contribution is 0.283. The smallest absolute Gasteiger partial charge is 0.264 e. The number of nitrogens with zero attached hydrogens (tertiary/aromatic N) is 3. The summed E-state index contributed by atoms with van der Waals surface area (Å²) < 4.78 is 30.1. The minimum absolute atomic E-state index is 0.0451. The Balaban J connectivity index is 2.28. The molecule has 0 radical (unpaired) electrons. The molecule has 0 N–H and O–H groups in total. The van der Waals surface area contributed by atoms with E-state index in [4.69, 9.17) is 15.4 Å². The van der Waals surface area contributed by atoms with E-state index in [1.807, 2.05) is 0 Å². The van der Waals surface area contributed by atoms with E-state index in [1.54, 1.807) is 30.7 Å². The maximum absolute atomic E-state index is 11.5. The van der Waals surface area contributed by atoms with Crippen LogP contribution >= 0.6 is 10.7 Å². The number of benzene rings is 1. The molecule has 102 valence electrons. The van der Waals surface area contributed by atoms with E-state index in [0.29, 0.717) is 5.82 Å². The molecule has 8 heteroatoms. The normalized spacial score (nSPS) is 11.5. The van der Waals surface area contributed by atoms with E-state index in [2.05, 4.69) is 10.2 Å². The van der Waals surface area contributed by atoms with Crippen molar-refractivity contribution < 1.29 is 13.2 Å². The van der Waals surface area contributed by atoms with Crippen LogP contribution in [0.5, 0.6) is 5.75 Å². The topological polar surface area (TPSA) is 74.1 Å². The maximum atomic E-state index is 11.5. The Labute approximate surface area is 115 Å². The molecule has 0 amide bonds. The van der Waals surface area contributed by atoms with Crippen molar-refractivity contribution in [3.8, 4) is 5.75 Å². The Hall–Kier alpha value is -1.60. The van der Waals surface area contributed by atoms with Crippen LogP contribution in [0.3, 0.4) is 0 Å². The van der Waals surface area contributed by atoms with Crippen molar-refractivity contribution in [3.05, 3.63) is 35.9 Å². The number of halogens is 1. The van der Waals surface area contributed by atoms with E-state index in [9.17, 15) is 8.42 Å². The summed E-state index contributed by atoms with van der Waals surface area (Å²) in [4.78, 5) is -0.0451. The van der Waals surface area contributed by atoms with Gasteiger partial charge in [-0.05, 0) is 24.6 Å². The Bertz CT molecular complexity index is 697. The van der Waals surface area contributed by atoms with Crippen LogP contribution < -0.4 is 4.74 Å². The summed E-state index contributed by atoms with van der Waals surface area (Å²) >= 11 is 0. The summed E-state index contributed by atoms with van der Waals surface area (Å²) in [7, 11) is 3.30. The first-order valence-corrected chi connectivity index (χ1v) is 7.70. The van der Waals surface area contributed by atoms with Gasteiger partial charge in [0.2, 0.25) is 0 Å². The molecule has 2 aromatic rings. The Morgan fingerprint density at radius 1 is 1.42 bits per heavy atom. The van der Waals surface area contributed by atoms with Gasteiger partial charge in [0.25, 0.3) is 9.05 Å². The molecule has 1 heterocycles. The molecule has 2 rings (SSSR count). The van der Waals surface area contributed by atoms with Gasteiger partial charge < -0.3 is 9.30 Å². The second-order valence-corrected chi connectivity index (χ2v) is 6.57. The lowest BCUT2D eigenvalue weighted by Crippen LogP contribution is -2.05. The predicted molar refractivity (Wildman–Crippen MR) is 69.6 cm³/mol. The summed E-state index contributed by atoms with van der Waals surface area (Å²) in [5.41, 5.74) is 0.783. The minimum Gasteiger partial charge on any atom is -0.484 e. The number of aromatic nitrogens is 3. The van der Waals surface area contributed by atoms with Gasteiger partial charge in [-0.25, -0.2) is 8.42 Å². The van der Waals surface area contributed by atoms with Crippen LogP contribution in [-0.2, 0) is 22.7 Å². The molecule has 0 fully saturated rings. The standard InChI is InChI=1S/C11H12ClN3O3S/c1-8-3-4-9(10(5-8)19(12,16)17)18-6-11-14-13-7-15(11)2/h3-5,7H,6H2,1-2H3. The molecule has 6 nitrogen and oxygen atoms in total. The molecular formula is C11H12ClN3O3S. The molecule has 0 bridgehead atoms. The third-order valence-corrected chi connectivity index (χ3v) is 3.87. The summed E-state index contributed by atoms with van der Waals surface area (Å²) in [6.45, 7) is 1.89. The molecule has 1 aromatic heterocycles. The zero-order valence-corrected chi connectivity index (χ0v) is 11.9. The summed E-state index contributed by atoms with van der Waals surface area (Å²) in [5.74, 6) is 0.780. The summed E-state index contributed by atoms with van der Waals surface area (Å²) in [6, 6.07) is 4.78. The van der Waals surface area contributed by atoms with Crippen LogP contribution in [0.25, 0.3) is 0 Å². The molecule has 0 aliphatic rings. The number of ether oxygens (including phenoxy) is 1. The molecule has 0 saturated carbocycles. The van der Waals surface area contributed by atoms with Crippen molar-refractivity contribution in [1.82, 2.24) is 14.8 Å². The van der Waals surface area contributed by atoms with Crippen LogP contribution in [0, 0.1) is 6.92 Å². The molecule has 0 aliphatic carbocycles.